The van der Waals surface area contributed by atoms with Gasteiger partial charge < -0.3 is 10.1 Å². The molecule has 6 nitrogen and oxygen atoms in total. The first-order valence-electron chi connectivity index (χ1n) is 7.55. The molecule has 130 valence electrons. The third kappa shape index (κ3) is 5.21. The highest BCUT2D eigenvalue weighted by atomic mass is 32.2. The minimum atomic E-state index is -3.59. The molecule has 0 fully saturated rings. The van der Waals surface area contributed by atoms with Crippen LogP contribution in [0.5, 0.6) is 0 Å². The summed E-state index contributed by atoms with van der Waals surface area (Å²) >= 11 is 0. The fourth-order valence-electron chi connectivity index (χ4n) is 2.32. The number of nitrogens with one attached hydrogen (secondary N) is 1. The number of amides is 1. The maximum absolute atomic E-state index is 12.4. The van der Waals surface area contributed by atoms with E-state index in [9.17, 15) is 13.2 Å². The van der Waals surface area contributed by atoms with E-state index >= 15 is 0 Å². The van der Waals surface area contributed by atoms with Crippen LogP contribution in [0.3, 0.4) is 0 Å². The van der Waals surface area contributed by atoms with Crippen LogP contribution in [0, 0.1) is 13.8 Å². The molecule has 0 saturated heterocycles. The molecular weight excluding hydrogens is 316 g/mol. The normalized spacial score (nSPS) is 12.7. The molecule has 0 radical (unpaired) electrons. The first-order valence-corrected chi connectivity index (χ1v) is 9.40. The number of methoxy groups -OCH3 is 1. The summed E-state index contributed by atoms with van der Waals surface area (Å²) in [6.45, 7) is 6.39. The predicted molar refractivity (Wildman–Crippen MR) is 92.2 cm³/mol. The number of carbonyl (C=O) groups excluding carboxylic acids is 1. The van der Waals surface area contributed by atoms with Crippen LogP contribution in [0.4, 0.5) is 5.69 Å². The third-order valence-corrected chi connectivity index (χ3v) is 4.86. The lowest BCUT2D eigenvalue weighted by Crippen LogP contribution is -2.49. The van der Waals surface area contributed by atoms with Gasteiger partial charge in [-0.3, -0.25) is 9.10 Å². The molecule has 0 aliphatic heterocycles. The van der Waals surface area contributed by atoms with Gasteiger partial charge >= 0.3 is 0 Å². The van der Waals surface area contributed by atoms with Crippen molar-refractivity contribution in [3.63, 3.8) is 0 Å². The van der Waals surface area contributed by atoms with Gasteiger partial charge in [-0.25, -0.2) is 8.42 Å². The number of hydrogen-bond acceptors (Lipinski definition) is 4. The Morgan fingerprint density at radius 3 is 2.43 bits per heavy atom. The Labute approximate surface area is 138 Å². The summed E-state index contributed by atoms with van der Waals surface area (Å²) in [6.07, 6.45) is 1.49. The summed E-state index contributed by atoms with van der Waals surface area (Å²) in [6, 6.07) is 4.60. The number of benzene rings is 1. The monoisotopic (exact) mass is 342 g/mol. The van der Waals surface area contributed by atoms with Crippen LogP contribution in [-0.4, -0.2) is 46.9 Å². The molecule has 1 amide bonds. The highest BCUT2D eigenvalue weighted by Crippen LogP contribution is 2.25. The van der Waals surface area contributed by atoms with Gasteiger partial charge in [-0.1, -0.05) is 13.0 Å². The van der Waals surface area contributed by atoms with E-state index in [1.54, 1.807) is 26.2 Å². The Bertz CT molecular complexity index is 643. The lowest BCUT2D eigenvalue weighted by Gasteiger charge is -2.30. The van der Waals surface area contributed by atoms with Crippen molar-refractivity contribution < 1.29 is 17.9 Å². The van der Waals surface area contributed by atoms with Crippen LogP contribution >= 0.6 is 0 Å². The average molecular weight is 342 g/mol. The third-order valence-electron chi connectivity index (χ3n) is 3.68. The smallest absolute Gasteiger partial charge is 0.243 e. The first-order chi connectivity index (χ1) is 10.7. The molecule has 0 saturated carbocycles. The Hall–Kier alpha value is -1.60. The Balaban J connectivity index is 3.18. The van der Waals surface area contributed by atoms with Gasteiger partial charge in [-0.05, 0) is 43.5 Å². The molecule has 0 bridgehead atoms. The molecule has 7 heteroatoms. The molecule has 23 heavy (non-hydrogen) atoms. The number of nitrogens with zero attached hydrogens (tertiary/aromatic N) is 1. The number of sulfonamides is 1. The summed E-state index contributed by atoms with van der Waals surface area (Å²) in [5, 5.41) is 2.71. The summed E-state index contributed by atoms with van der Waals surface area (Å²) < 4.78 is 30.7. The van der Waals surface area contributed by atoms with Gasteiger partial charge in [0.05, 0.1) is 18.6 Å². The molecule has 0 aromatic heterocycles. The van der Waals surface area contributed by atoms with E-state index < -0.39 is 16.1 Å². The SMILES string of the molecule is CC[C@H](C(=O)NCCOC)N(c1ccc(C)c(C)c1)S(C)(=O)=O. The standard InChI is InChI=1S/C16H26N2O4S/c1-6-15(16(19)17-9-10-22-4)18(23(5,20)21)14-8-7-12(2)13(3)11-14/h7-8,11,15H,6,9-10H2,1-5H3,(H,17,19)/t15-/m1/s1. The van der Waals surface area contributed by atoms with E-state index in [-0.39, 0.29) is 5.91 Å². The van der Waals surface area contributed by atoms with Crippen LogP contribution < -0.4 is 9.62 Å². The zero-order chi connectivity index (χ0) is 17.6. The fraction of sp³-hybridized carbons (Fsp3) is 0.562. The molecule has 0 unspecified atom stereocenters. The van der Waals surface area contributed by atoms with Crippen LogP contribution in [0.25, 0.3) is 0 Å². The molecule has 0 aliphatic carbocycles. The molecule has 0 heterocycles. The van der Waals surface area contributed by atoms with E-state index in [0.717, 1.165) is 17.4 Å². The van der Waals surface area contributed by atoms with Gasteiger partial charge in [-0.2, -0.15) is 0 Å². The largest absolute Gasteiger partial charge is 0.383 e. The average Bonchev–Trinajstić information content (AvgIpc) is 2.46. The van der Waals surface area contributed by atoms with Crippen molar-refractivity contribution in [3.8, 4) is 0 Å². The van der Waals surface area contributed by atoms with E-state index in [4.69, 9.17) is 4.74 Å². The topological polar surface area (TPSA) is 75.7 Å². The van der Waals surface area contributed by atoms with Gasteiger partial charge in [0, 0.05) is 13.7 Å². The summed E-state index contributed by atoms with van der Waals surface area (Å²) in [4.78, 5) is 12.4. The van der Waals surface area contributed by atoms with Crippen molar-refractivity contribution in [2.75, 3.05) is 30.8 Å². The Morgan fingerprint density at radius 2 is 1.96 bits per heavy atom. The summed E-state index contributed by atoms with van der Waals surface area (Å²) in [5.74, 6) is -0.326. The Morgan fingerprint density at radius 1 is 1.30 bits per heavy atom. The molecular formula is C16H26N2O4S. The van der Waals surface area contributed by atoms with Crippen LogP contribution in [0.15, 0.2) is 18.2 Å². The maximum Gasteiger partial charge on any atom is 0.243 e. The van der Waals surface area contributed by atoms with Crippen LogP contribution in [0.1, 0.15) is 24.5 Å². The number of carbonyl (C=O) groups is 1. The molecule has 1 aromatic carbocycles. The van der Waals surface area contributed by atoms with Crippen LogP contribution in [0.2, 0.25) is 0 Å². The minimum Gasteiger partial charge on any atom is -0.383 e. The van der Waals surface area contributed by atoms with Gasteiger partial charge in [0.1, 0.15) is 6.04 Å². The zero-order valence-corrected chi connectivity index (χ0v) is 15.2. The molecule has 1 rings (SSSR count). The van der Waals surface area contributed by atoms with Crippen molar-refractivity contribution in [1.29, 1.82) is 0 Å². The van der Waals surface area contributed by atoms with Crippen molar-refractivity contribution in [1.82, 2.24) is 5.32 Å². The van der Waals surface area contributed by atoms with Gasteiger partial charge in [0.2, 0.25) is 15.9 Å². The molecule has 1 aromatic rings. The fourth-order valence-corrected chi connectivity index (χ4v) is 3.52. The highest BCUT2D eigenvalue weighted by Gasteiger charge is 2.31. The lowest BCUT2D eigenvalue weighted by atomic mass is 10.1. The lowest BCUT2D eigenvalue weighted by molar-refractivity contribution is -0.122. The van der Waals surface area contributed by atoms with E-state index in [1.807, 2.05) is 19.9 Å². The molecule has 1 atom stereocenters. The Kier molecular flexibility index (Phi) is 7.02. The highest BCUT2D eigenvalue weighted by molar-refractivity contribution is 7.92. The molecule has 1 N–H and O–H groups in total. The first kappa shape index (κ1) is 19.4. The second-order valence-corrected chi connectivity index (χ2v) is 7.39. The number of ether oxygens (including phenoxy) is 1. The van der Waals surface area contributed by atoms with Gasteiger partial charge in [0.25, 0.3) is 0 Å². The summed E-state index contributed by atoms with van der Waals surface area (Å²) in [5.41, 5.74) is 2.55. The quantitative estimate of drug-likeness (QED) is 0.728. The van der Waals surface area contributed by atoms with Gasteiger partial charge in [0.15, 0.2) is 0 Å². The number of anilines is 1. The number of rotatable bonds is 8. The van der Waals surface area contributed by atoms with Crippen molar-refractivity contribution in [2.45, 2.75) is 33.2 Å². The van der Waals surface area contributed by atoms with Crippen molar-refractivity contribution in [3.05, 3.63) is 29.3 Å². The minimum absolute atomic E-state index is 0.326. The second-order valence-electron chi connectivity index (χ2n) is 5.54. The van der Waals surface area contributed by atoms with Crippen LogP contribution in [-0.2, 0) is 19.6 Å². The van der Waals surface area contributed by atoms with Crippen molar-refractivity contribution in [2.24, 2.45) is 0 Å². The maximum atomic E-state index is 12.4. The van der Waals surface area contributed by atoms with E-state index in [1.165, 1.54) is 4.31 Å². The summed E-state index contributed by atoms with van der Waals surface area (Å²) in [7, 11) is -2.05. The molecule has 0 spiro atoms. The molecule has 0 aliphatic rings. The predicted octanol–water partition coefficient (Wildman–Crippen LogP) is 1.61. The zero-order valence-electron chi connectivity index (χ0n) is 14.4. The van der Waals surface area contributed by atoms with E-state index in [0.29, 0.717) is 25.3 Å². The number of hydrogen-bond donors (Lipinski definition) is 1. The second kappa shape index (κ2) is 8.31. The van der Waals surface area contributed by atoms with E-state index in [2.05, 4.69) is 5.32 Å². The van der Waals surface area contributed by atoms with Crippen molar-refractivity contribution >= 4 is 21.6 Å². The van der Waals surface area contributed by atoms with Gasteiger partial charge in [-0.15, -0.1) is 0 Å². The number of aryl methyl sites for hydroxylation is 2.